The van der Waals surface area contributed by atoms with Crippen LogP contribution in [0.2, 0.25) is 0 Å². The standard InChI is InChI=1S/C16H20N2O3/c19-15(20)14-13-8-4-1-5-11(13)9-10-18(14)16(21)17-12-6-2-3-7-12/h1,4-5,8,12,14H,2-3,6-7,9-10H2,(H,17,21)(H,19,20). The van der Waals surface area contributed by atoms with Crippen molar-refractivity contribution < 1.29 is 14.7 Å². The van der Waals surface area contributed by atoms with Crippen LogP contribution < -0.4 is 5.32 Å². The predicted molar refractivity (Wildman–Crippen MR) is 78.0 cm³/mol. The Morgan fingerprint density at radius 2 is 1.90 bits per heavy atom. The Kier molecular flexibility index (Phi) is 3.82. The summed E-state index contributed by atoms with van der Waals surface area (Å²) >= 11 is 0. The van der Waals surface area contributed by atoms with Crippen molar-refractivity contribution in [3.63, 3.8) is 0 Å². The van der Waals surface area contributed by atoms with E-state index in [9.17, 15) is 14.7 Å². The molecule has 1 unspecified atom stereocenters. The maximum Gasteiger partial charge on any atom is 0.331 e. The summed E-state index contributed by atoms with van der Waals surface area (Å²) in [5, 5.41) is 12.5. The first-order valence-electron chi connectivity index (χ1n) is 7.54. The van der Waals surface area contributed by atoms with Crippen molar-refractivity contribution in [2.45, 2.75) is 44.2 Å². The number of carboxylic acid groups (broad SMARTS) is 1. The molecule has 1 fully saturated rings. The topological polar surface area (TPSA) is 69.6 Å². The van der Waals surface area contributed by atoms with E-state index in [1.54, 1.807) is 0 Å². The molecule has 1 heterocycles. The predicted octanol–water partition coefficient (Wildman–Crippen LogP) is 2.32. The number of hydrogen-bond acceptors (Lipinski definition) is 2. The van der Waals surface area contributed by atoms with Gasteiger partial charge in [-0.25, -0.2) is 9.59 Å². The smallest absolute Gasteiger partial charge is 0.331 e. The Morgan fingerprint density at radius 1 is 1.19 bits per heavy atom. The van der Waals surface area contributed by atoms with Crippen LogP contribution >= 0.6 is 0 Å². The number of rotatable bonds is 2. The van der Waals surface area contributed by atoms with Gasteiger partial charge in [0.15, 0.2) is 6.04 Å². The third-order valence-electron chi connectivity index (χ3n) is 4.46. The van der Waals surface area contributed by atoms with E-state index >= 15 is 0 Å². The summed E-state index contributed by atoms with van der Waals surface area (Å²) in [5.74, 6) is -0.969. The van der Waals surface area contributed by atoms with Crippen molar-refractivity contribution in [2.24, 2.45) is 0 Å². The van der Waals surface area contributed by atoms with E-state index in [1.165, 1.54) is 4.90 Å². The quantitative estimate of drug-likeness (QED) is 0.877. The lowest BCUT2D eigenvalue weighted by Crippen LogP contribution is -2.50. The Balaban J connectivity index is 1.81. The van der Waals surface area contributed by atoms with E-state index in [2.05, 4.69) is 5.32 Å². The minimum Gasteiger partial charge on any atom is -0.479 e. The molecule has 2 amide bonds. The fourth-order valence-electron chi connectivity index (χ4n) is 3.38. The summed E-state index contributed by atoms with van der Waals surface area (Å²) in [5.41, 5.74) is 1.76. The molecule has 1 aliphatic heterocycles. The van der Waals surface area contributed by atoms with Gasteiger partial charge >= 0.3 is 12.0 Å². The summed E-state index contributed by atoms with van der Waals surface area (Å²) in [6.45, 7) is 0.451. The van der Waals surface area contributed by atoms with Gasteiger partial charge < -0.3 is 15.3 Å². The molecular formula is C16H20N2O3. The van der Waals surface area contributed by atoms with Gasteiger partial charge in [-0.15, -0.1) is 0 Å². The summed E-state index contributed by atoms with van der Waals surface area (Å²) < 4.78 is 0. The highest BCUT2D eigenvalue weighted by Crippen LogP contribution is 2.30. The van der Waals surface area contributed by atoms with Crippen molar-refractivity contribution in [1.82, 2.24) is 10.2 Å². The summed E-state index contributed by atoms with van der Waals surface area (Å²) in [4.78, 5) is 25.5. The Morgan fingerprint density at radius 3 is 2.62 bits per heavy atom. The number of carboxylic acids is 1. The van der Waals surface area contributed by atoms with Crippen molar-refractivity contribution in [3.05, 3.63) is 35.4 Å². The lowest BCUT2D eigenvalue weighted by atomic mass is 9.93. The largest absolute Gasteiger partial charge is 0.479 e. The van der Waals surface area contributed by atoms with E-state index < -0.39 is 12.0 Å². The molecule has 0 spiro atoms. The van der Waals surface area contributed by atoms with Gasteiger partial charge in [0.05, 0.1) is 0 Å². The second kappa shape index (κ2) is 5.76. The molecule has 0 bridgehead atoms. The molecule has 1 atom stereocenters. The van der Waals surface area contributed by atoms with Gasteiger partial charge in [-0.2, -0.15) is 0 Å². The molecule has 112 valence electrons. The third-order valence-corrected chi connectivity index (χ3v) is 4.46. The number of nitrogens with one attached hydrogen (secondary N) is 1. The lowest BCUT2D eigenvalue weighted by molar-refractivity contribution is -0.142. The third kappa shape index (κ3) is 2.73. The Labute approximate surface area is 123 Å². The van der Waals surface area contributed by atoms with Crippen molar-refractivity contribution in [3.8, 4) is 0 Å². The molecule has 1 aromatic carbocycles. The fraction of sp³-hybridized carbons (Fsp3) is 0.500. The highest BCUT2D eigenvalue weighted by Gasteiger charge is 2.36. The molecule has 5 heteroatoms. The van der Waals surface area contributed by atoms with Crippen LogP contribution in [0.15, 0.2) is 24.3 Å². The van der Waals surface area contributed by atoms with Crippen molar-refractivity contribution in [2.75, 3.05) is 6.54 Å². The molecule has 3 rings (SSSR count). The van der Waals surface area contributed by atoms with Crippen molar-refractivity contribution in [1.29, 1.82) is 0 Å². The maximum absolute atomic E-state index is 12.4. The second-order valence-electron chi connectivity index (χ2n) is 5.81. The number of amides is 2. The van der Waals surface area contributed by atoms with Crippen LogP contribution in [0, 0.1) is 0 Å². The molecule has 0 radical (unpaired) electrons. The molecule has 5 nitrogen and oxygen atoms in total. The minimum atomic E-state index is -0.969. The summed E-state index contributed by atoms with van der Waals surface area (Å²) in [7, 11) is 0. The SMILES string of the molecule is O=C(O)C1c2ccccc2CCN1C(=O)NC1CCCC1. The van der Waals surface area contributed by atoms with Gasteiger partial charge in [0.1, 0.15) is 0 Å². The zero-order valence-electron chi connectivity index (χ0n) is 11.9. The first kappa shape index (κ1) is 13.9. The lowest BCUT2D eigenvalue weighted by Gasteiger charge is -2.35. The monoisotopic (exact) mass is 288 g/mol. The van der Waals surface area contributed by atoms with Crippen LogP contribution in [0.4, 0.5) is 4.79 Å². The molecule has 21 heavy (non-hydrogen) atoms. The molecule has 0 aromatic heterocycles. The fourth-order valence-corrected chi connectivity index (χ4v) is 3.38. The average molecular weight is 288 g/mol. The maximum atomic E-state index is 12.4. The van der Waals surface area contributed by atoms with Crippen LogP contribution in [0.3, 0.4) is 0 Å². The van der Waals surface area contributed by atoms with Gasteiger partial charge in [0.2, 0.25) is 0 Å². The number of fused-ring (bicyclic) bond motifs is 1. The van der Waals surface area contributed by atoms with E-state index in [0.717, 1.165) is 36.8 Å². The first-order valence-corrected chi connectivity index (χ1v) is 7.54. The minimum absolute atomic E-state index is 0.198. The summed E-state index contributed by atoms with van der Waals surface area (Å²) in [6.07, 6.45) is 4.96. The average Bonchev–Trinajstić information content (AvgIpc) is 2.98. The normalized spacial score (nSPS) is 21.9. The number of nitrogens with zero attached hydrogens (tertiary/aromatic N) is 1. The number of hydrogen-bond donors (Lipinski definition) is 2. The molecule has 1 aliphatic carbocycles. The zero-order chi connectivity index (χ0) is 14.8. The van der Waals surface area contributed by atoms with E-state index in [-0.39, 0.29) is 12.1 Å². The van der Waals surface area contributed by atoms with Crippen LogP contribution in [-0.2, 0) is 11.2 Å². The number of urea groups is 1. The first-order chi connectivity index (χ1) is 10.2. The molecular weight excluding hydrogens is 268 g/mol. The number of aliphatic carboxylic acids is 1. The molecule has 1 saturated carbocycles. The Hall–Kier alpha value is -2.04. The van der Waals surface area contributed by atoms with E-state index in [4.69, 9.17) is 0 Å². The van der Waals surface area contributed by atoms with E-state index in [1.807, 2.05) is 24.3 Å². The van der Waals surface area contributed by atoms with Crippen LogP contribution in [-0.4, -0.2) is 34.6 Å². The van der Waals surface area contributed by atoms with Crippen LogP contribution in [0.5, 0.6) is 0 Å². The number of carbonyl (C=O) groups is 2. The van der Waals surface area contributed by atoms with E-state index in [0.29, 0.717) is 13.0 Å². The molecule has 2 aliphatic rings. The summed E-state index contributed by atoms with van der Waals surface area (Å²) in [6, 6.07) is 6.56. The second-order valence-corrected chi connectivity index (χ2v) is 5.81. The van der Waals surface area contributed by atoms with Crippen LogP contribution in [0.25, 0.3) is 0 Å². The Bertz CT molecular complexity index is 552. The number of carbonyl (C=O) groups excluding carboxylic acids is 1. The van der Waals surface area contributed by atoms with Gasteiger partial charge in [-0.05, 0) is 30.4 Å². The highest BCUT2D eigenvalue weighted by atomic mass is 16.4. The molecule has 0 saturated heterocycles. The zero-order valence-corrected chi connectivity index (χ0v) is 11.9. The van der Waals surface area contributed by atoms with Gasteiger partial charge in [0.25, 0.3) is 0 Å². The highest BCUT2D eigenvalue weighted by molar-refractivity contribution is 5.85. The molecule has 1 aromatic rings. The van der Waals surface area contributed by atoms with Gasteiger partial charge in [-0.1, -0.05) is 37.1 Å². The van der Waals surface area contributed by atoms with Crippen molar-refractivity contribution >= 4 is 12.0 Å². The van der Waals surface area contributed by atoms with Crippen LogP contribution in [0.1, 0.15) is 42.9 Å². The van der Waals surface area contributed by atoms with Gasteiger partial charge in [0, 0.05) is 12.6 Å². The molecule has 2 N–H and O–H groups in total. The number of benzene rings is 1. The van der Waals surface area contributed by atoms with Gasteiger partial charge in [-0.3, -0.25) is 0 Å².